The normalized spacial score (nSPS) is 14.8. The first-order chi connectivity index (χ1) is 7.56. The van der Waals surface area contributed by atoms with Gasteiger partial charge in [-0.15, -0.1) is 0 Å². The van der Waals surface area contributed by atoms with Crippen LogP contribution >= 0.6 is 23.2 Å². The fraction of sp³-hybridized carbons (Fsp3) is 0.500. The fourth-order valence-corrected chi connectivity index (χ4v) is 2.11. The van der Waals surface area contributed by atoms with Crippen molar-refractivity contribution < 1.29 is 10.2 Å². The molecule has 0 heterocycles. The minimum Gasteiger partial charge on any atom is -0.390 e. The van der Waals surface area contributed by atoms with E-state index in [4.69, 9.17) is 23.2 Å². The molecular weight excluding hydrogens is 247 g/mol. The summed E-state index contributed by atoms with van der Waals surface area (Å²) >= 11 is 12.0. The lowest BCUT2D eigenvalue weighted by Gasteiger charge is -2.18. The van der Waals surface area contributed by atoms with E-state index in [9.17, 15) is 10.2 Å². The minimum absolute atomic E-state index is 0.277. The van der Waals surface area contributed by atoms with Crippen molar-refractivity contribution in [2.45, 2.75) is 38.4 Å². The highest BCUT2D eigenvalue weighted by atomic mass is 35.5. The van der Waals surface area contributed by atoms with Crippen LogP contribution in [0, 0.1) is 0 Å². The van der Waals surface area contributed by atoms with E-state index >= 15 is 0 Å². The van der Waals surface area contributed by atoms with Crippen LogP contribution in [0.15, 0.2) is 18.2 Å². The van der Waals surface area contributed by atoms with Crippen molar-refractivity contribution in [3.63, 3.8) is 0 Å². The summed E-state index contributed by atoms with van der Waals surface area (Å²) in [6, 6.07) is 5.20. The van der Waals surface area contributed by atoms with Crippen LogP contribution in [0.1, 0.15) is 25.3 Å². The van der Waals surface area contributed by atoms with Gasteiger partial charge in [0.05, 0.1) is 12.2 Å². The smallest absolute Gasteiger partial charge is 0.0840 e. The predicted molar refractivity (Wildman–Crippen MR) is 67.1 cm³/mol. The molecule has 2 atom stereocenters. The van der Waals surface area contributed by atoms with Crippen molar-refractivity contribution in [3.8, 4) is 0 Å². The molecule has 0 spiro atoms. The molecule has 16 heavy (non-hydrogen) atoms. The lowest BCUT2D eigenvalue weighted by Crippen LogP contribution is -2.28. The summed E-state index contributed by atoms with van der Waals surface area (Å²) in [5, 5.41) is 20.5. The number of aliphatic hydroxyl groups is 2. The summed E-state index contributed by atoms with van der Waals surface area (Å²) in [6.45, 7) is 1.96. The predicted octanol–water partition coefficient (Wildman–Crippen LogP) is 3.06. The summed E-state index contributed by atoms with van der Waals surface area (Å²) in [5.74, 6) is 0. The third-order valence-corrected chi connectivity index (χ3v) is 3.21. The van der Waals surface area contributed by atoms with E-state index in [1.165, 1.54) is 0 Å². The second-order valence-corrected chi connectivity index (χ2v) is 4.64. The Hall–Kier alpha value is -0.280. The van der Waals surface area contributed by atoms with Gasteiger partial charge in [0.25, 0.3) is 0 Å². The van der Waals surface area contributed by atoms with Gasteiger partial charge in [0.15, 0.2) is 0 Å². The molecule has 0 fully saturated rings. The standard InChI is InChI=1S/C12H16Cl2O2/c1-2-4-11(15)12(16)7-8-9(13)5-3-6-10(8)14/h3,5-6,11-12,15-16H,2,4,7H2,1H3. The minimum atomic E-state index is -0.822. The number of halogens is 2. The van der Waals surface area contributed by atoms with Crippen molar-refractivity contribution in [1.29, 1.82) is 0 Å². The second kappa shape index (κ2) is 6.45. The van der Waals surface area contributed by atoms with Crippen LogP contribution in [-0.2, 0) is 6.42 Å². The largest absolute Gasteiger partial charge is 0.390 e. The lowest BCUT2D eigenvalue weighted by molar-refractivity contribution is 0.0148. The molecule has 0 aliphatic rings. The first-order valence-electron chi connectivity index (χ1n) is 5.35. The van der Waals surface area contributed by atoms with Gasteiger partial charge in [-0.25, -0.2) is 0 Å². The summed E-state index contributed by atoms with van der Waals surface area (Å²) < 4.78 is 0. The maximum atomic E-state index is 9.78. The van der Waals surface area contributed by atoms with Crippen LogP contribution in [-0.4, -0.2) is 22.4 Å². The fourth-order valence-electron chi connectivity index (χ4n) is 1.56. The van der Waals surface area contributed by atoms with Crippen molar-refractivity contribution in [2.24, 2.45) is 0 Å². The van der Waals surface area contributed by atoms with E-state index in [-0.39, 0.29) is 6.42 Å². The van der Waals surface area contributed by atoms with Crippen molar-refractivity contribution in [3.05, 3.63) is 33.8 Å². The third-order valence-electron chi connectivity index (χ3n) is 2.50. The Morgan fingerprint density at radius 2 is 1.69 bits per heavy atom. The Morgan fingerprint density at radius 1 is 1.12 bits per heavy atom. The average Bonchev–Trinajstić information content (AvgIpc) is 2.23. The van der Waals surface area contributed by atoms with Gasteiger partial charge in [-0.3, -0.25) is 0 Å². The van der Waals surface area contributed by atoms with Crippen LogP contribution in [0.2, 0.25) is 10.0 Å². The van der Waals surface area contributed by atoms with Crippen LogP contribution in [0.3, 0.4) is 0 Å². The number of hydrogen-bond donors (Lipinski definition) is 2. The monoisotopic (exact) mass is 262 g/mol. The molecule has 1 aromatic rings. The maximum Gasteiger partial charge on any atom is 0.0840 e. The Balaban J connectivity index is 2.72. The molecular formula is C12H16Cl2O2. The molecule has 1 aromatic carbocycles. The van der Waals surface area contributed by atoms with E-state index in [2.05, 4.69) is 0 Å². The Labute approximate surface area is 106 Å². The first-order valence-corrected chi connectivity index (χ1v) is 6.10. The van der Waals surface area contributed by atoms with Crippen LogP contribution < -0.4 is 0 Å². The Bertz CT molecular complexity index is 322. The van der Waals surface area contributed by atoms with Crippen LogP contribution in [0.25, 0.3) is 0 Å². The molecule has 0 bridgehead atoms. The van der Waals surface area contributed by atoms with Gasteiger partial charge in [0.2, 0.25) is 0 Å². The first kappa shape index (κ1) is 13.8. The molecule has 2 nitrogen and oxygen atoms in total. The zero-order valence-electron chi connectivity index (χ0n) is 9.16. The van der Waals surface area contributed by atoms with Gasteiger partial charge in [0, 0.05) is 16.5 Å². The van der Waals surface area contributed by atoms with Crippen molar-refractivity contribution in [2.75, 3.05) is 0 Å². The molecule has 0 saturated heterocycles. The van der Waals surface area contributed by atoms with Crippen LogP contribution in [0.5, 0.6) is 0 Å². The maximum absolute atomic E-state index is 9.78. The van der Waals surface area contributed by atoms with Crippen molar-refractivity contribution in [1.82, 2.24) is 0 Å². The molecule has 0 saturated carbocycles. The van der Waals surface area contributed by atoms with E-state index in [1.807, 2.05) is 6.92 Å². The van der Waals surface area contributed by atoms with Gasteiger partial charge in [-0.2, -0.15) is 0 Å². The quantitative estimate of drug-likeness (QED) is 0.857. The van der Waals surface area contributed by atoms with E-state index in [1.54, 1.807) is 18.2 Å². The number of hydrogen-bond acceptors (Lipinski definition) is 2. The van der Waals surface area contributed by atoms with Gasteiger partial charge in [-0.05, 0) is 24.1 Å². The topological polar surface area (TPSA) is 40.5 Å². The lowest BCUT2D eigenvalue weighted by atomic mass is 10.0. The van der Waals surface area contributed by atoms with Crippen molar-refractivity contribution >= 4 is 23.2 Å². The zero-order valence-corrected chi connectivity index (χ0v) is 10.7. The zero-order chi connectivity index (χ0) is 12.1. The molecule has 0 amide bonds. The van der Waals surface area contributed by atoms with Gasteiger partial charge >= 0.3 is 0 Å². The van der Waals surface area contributed by atoms with E-state index in [0.717, 1.165) is 6.42 Å². The SMILES string of the molecule is CCCC(O)C(O)Cc1c(Cl)cccc1Cl. The Morgan fingerprint density at radius 3 is 2.19 bits per heavy atom. The summed E-state index contributed by atoms with van der Waals surface area (Å²) in [4.78, 5) is 0. The summed E-state index contributed by atoms with van der Waals surface area (Å²) in [6.07, 6.45) is 0.131. The second-order valence-electron chi connectivity index (χ2n) is 3.83. The highest BCUT2D eigenvalue weighted by Crippen LogP contribution is 2.26. The molecule has 90 valence electrons. The highest BCUT2D eigenvalue weighted by Gasteiger charge is 2.18. The summed E-state index contributed by atoms with van der Waals surface area (Å²) in [7, 11) is 0. The van der Waals surface area contributed by atoms with Gasteiger partial charge < -0.3 is 10.2 Å². The Kier molecular flexibility index (Phi) is 5.56. The number of rotatable bonds is 5. The molecule has 0 radical (unpaired) electrons. The van der Waals surface area contributed by atoms with Gasteiger partial charge in [-0.1, -0.05) is 42.6 Å². The van der Waals surface area contributed by atoms with E-state index in [0.29, 0.717) is 22.0 Å². The molecule has 1 rings (SSSR count). The molecule has 2 N–H and O–H groups in total. The highest BCUT2D eigenvalue weighted by molar-refractivity contribution is 6.35. The van der Waals surface area contributed by atoms with Crippen LogP contribution in [0.4, 0.5) is 0 Å². The third kappa shape index (κ3) is 3.63. The molecule has 4 heteroatoms. The number of aliphatic hydroxyl groups excluding tert-OH is 2. The van der Waals surface area contributed by atoms with Gasteiger partial charge in [0.1, 0.15) is 0 Å². The molecule has 0 aliphatic carbocycles. The average molecular weight is 263 g/mol. The van der Waals surface area contributed by atoms with E-state index < -0.39 is 12.2 Å². The molecule has 0 aliphatic heterocycles. The number of benzene rings is 1. The molecule has 0 aromatic heterocycles. The summed E-state index contributed by atoms with van der Waals surface area (Å²) in [5.41, 5.74) is 0.688. The molecule has 2 unspecified atom stereocenters.